The topological polar surface area (TPSA) is 17.8 Å². The summed E-state index contributed by atoms with van der Waals surface area (Å²) in [5, 5.41) is 0. The molecule has 52 heavy (non-hydrogen) atoms. The minimum absolute atomic E-state index is 0.935. The van der Waals surface area contributed by atoms with E-state index in [2.05, 4.69) is 203 Å². The number of rotatable bonds is 7. The van der Waals surface area contributed by atoms with Crippen molar-refractivity contribution in [2.75, 3.05) is 0 Å². The lowest BCUT2D eigenvalue weighted by Crippen LogP contribution is -2.02. The van der Waals surface area contributed by atoms with E-state index in [0.29, 0.717) is 0 Å². The van der Waals surface area contributed by atoms with Gasteiger partial charge in [0, 0.05) is 17.3 Å². The Bertz CT molecular complexity index is 2450. The molecule has 0 spiro atoms. The van der Waals surface area contributed by atoms with E-state index in [1.54, 1.807) is 0 Å². The molecule has 0 saturated carbocycles. The highest BCUT2D eigenvalue weighted by Crippen LogP contribution is 2.37. The van der Waals surface area contributed by atoms with Gasteiger partial charge in [0.25, 0.3) is 0 Å². The van der Waals surface area contributed by atoms with Crippen LogP contribution in [0, 0.1) is 34.6 Å². The van der Waals surface area contributed by atoms with Crippen molar-refractivity contribution in [3.05, 3.63) is 192 Å². The van der Waals surface area contributed by atoms with E-state index in [1.165, 1.54) is 72.4 Å². The number of aryl methyl sites for hydroxylation is 5. The van der Waals surface area contributed by atoms with Crippen LogP contribution in [-0.4, -0.2) is 9.55 Å². The summed E-state index contributed by atoms with van der Waals surface area (Å²) in [6.07, 6.45) is 2.21. The van der Waals surface area contributed by atoms with Gasteiger partial charge in [-0.3, -0.25) is 4.57 Å². The number of hydrogen-bond donors (Lipinski definition) is 0. The fourth-order valence-corrected chi connectivity index (χ4v) is 7.67. The van der Waals surface area contributed by atoms with Crippen molar-refractivity contribution < 1.29 is 0 Å². The van der Waals surface area contributed by atoms with Gasteiger partial charge in [-0.05, 0) is 133 Å². The molecule has 0 fully saturated rings. The monoisotopic (exact) mass is 670 g/mol. The summed E-state index contributed by atoms with van der Waals surface area (Å²) in [7, 11) is 0. The van der Waals surface area contributed by atoms with Gasteiger partial charge in [0.15, 0.2) is 0 Å². The third kappa shape index (κ3) is 6.64. The van der Waals surface area contributed by atoms with Crippen LogP contribution >= 0.6 is 0 Å². The molecule has 0 aliphatic heterocycles. The molecule has 1 heterocycles. The molecule has 252 valence electrons. The van der Waals surface area contributed by atoms with E-state index in [-0.39, 0.29) is 0 Å². The van der Waals surface area contributed by atoms with Crippen molar-refractivity contribution in [1.29, 1.82) is 0 Å². The molecular formula is C50H42N2. The minimum Gasteiger partial charge on any atom is -0.299 e. The lowest BCUT2D eigenvalue weighted by atomic mass is 9.92. The smallest absolute Gasteiger partial charge is 0.145 e. The molecule has 0 aliphatic carbocycles. The zero-order valence-corrected chi connectivity index (χ0v) is 30.5. The van der Waals surface area contributed by atoms with Crippen LogP contribution in [0.15, 0.2) is 164 Å². The summed E-state index contributed by atoms with van der Waals surface area (Å²) in [6.45, 7) is 10.9. The van der Waals surface area contributed by atoms with Crippen molar-refractivity contribution in [3.8, 4) is 72.8 Å². The zero-order valence-electron chi connectivity index (χ0n) is 30.5. The van der Waals surface area contributed by atoms with Gasteiger partial charge in [0.05, 0.1) is 11.4 Å². The van der Waals surface area contributed by atoms with Crippen LogP contribution in [0.4, 0.5) is 0 Å². The van der Waals surface area contributed by atoms with E-state index < -0.39 is 0 Å². The van der Waals surface area contributed by atoms with Gasteiger partial charge in [-0.25, -0.2) is 4.98 Å². The Labute approximate surface area is 307 Å². The molecule has 8 aromatic rings. The Morgan fingerprint density at radius 2 is 0.750 bits per heavy atom. The minimum atomic E-state index is 0.935. The number of nitrogens with zero attached hydrogens (tertiary/aromatic N) is 2. The van der Waals surface area contributed by atoms with Crippen molar-refractivity contribution in [2.45, 2.75) is 34.6 Å². The zero-order chi connectivity index (χ0) is 35.8. The van der Waals surface area contributed by atoms with Gasteiger partial charge in [-0.2, -0.15) is 0 Å². The highest BCUT2D eigenvalue weighted by molar-refractivity contribution is 5.83. The first-order valence-corrected chi connectivity index (χ1v) is 18.0. The SMILES string of the molecule is Cc1cc(C)cc(-c2cn(-c3c(C)cc(C)cc3C)c(-c3cccc(-c4cccc(-c5cc(-c6ccccc6)cc(-c6ccccc6)c5)c4)c3)n2)c1. The highest BCUT2D eigenvalue weighted by atomic mass is 15.1. The molecule has 0 radical (unpaired) electrons. The number of hydrogen-bond acceptors (Lipinski definition) is 1. The summed E-state index contributed by atoms with van der Waals surface area (Å²) >= 11 is 0. The Morgan fingerprint density at radius 1 is 0.346 bits per heavy atom. The number of aromatic nitrogens is 2. The molecule has 0 atom stereocenters. The van der Waals surface area contributed by atoms with Gasteiger partial charge < -0.3 is 0 Å². The van der Waals surface area contributed by atoms with Crippen LogP contribution < -0.4 is 0 Å². The predicted molar refractivity (Wildman–Crippen MR) is 220 cm³/mol. The maximum absolute atomic E-state index is 5.35. The molecule has 0 unspecified atom stereocenters. The van der Waals surface area contributed by atoms with E-state index in [9.17, 15) is 0 Å². The van der Waals surface area contributed by atoms with Gasteiger partial charge in [-0.1, -0.05) is 132 Å². The molecule has 2 heteroatoms. The number of benzene rings is 7. The summed E-state index contributed by atoms with van der Waals surface area (Å²) < 4.78 is 2.30. The van der Waals surface area contributed by atoms with Crippen LogP contribution in [0.2, 0.25) is 0 Å². The molecule has 0 amide bonds. The van der Waals surface area contributed by atoms with E-state index >= 15 is 0 Å². The molecule has 0 aliphatic rings. The van der Waals surface area contributed by atoms with Gasteiger partial charge in [0.2, 0.25) is 0 Å². The second kappa shape index (κ2) is 13.8. The fraction of sp³-hybridized carbons (Fsp3) is 0.100. The Balaban J connectivity index is 1.24. The third-order valence-electron chi connectivity index (χ3n) is 9.90. The maximum Gasteiger partial charge on any atom is 0.145 e. The molecule has 7 aromatic carbocycles. The highest BCUT2D eigenvalue weighted by Gasteiger charge is 2.18. The Morgan fingerprint density at radius 3 is 1.29 bits per heavy atom. The average molecular weight is 671 g/mol. The molecule has 2 nitrogen and oxygen atoms in total. The van der Waals surface area contributed by atoms with Crippen LogP contribution in [0.25, 0.3) is 72.8 Å². The van der Waals surface area contributed by atoms with Crippen molar-refractivity contribution in [2.24, 2.45) is 0 Å². The molecular weight excluding hydrogens is 629 g/mol. The van der Waals surface area contributed by atoms with Crippen molar-refractivity contribution >= 4 is 0 Å². The fourth-order valence-electron chi connectivity index (χ4n) is 7.67. The standard InChI is InChI=1S/C50H42N2/c1-33-22-34(2)26-47(25-33)48-32-52(49-36(4)23-35(3)24-37(49)5)50(51-48)43-21-13-19-41(28-43)40-18-12-20-42(27-40)46-30-44(38-14-8-6-9-15-38)29-45(31-46)39-16-10-7-11-17-39/h6-32H,1-5H3. The lowest BCUT2D eigenvalue weighted by molar-refractivity contribution is 1.03. The Kier molecular flexibility index (Phi) is 8.75. The Hall–Kier alpha value is -6.25. The van der Waals surface area contributed by atoms with E-state index in [4.69, 9.17) is 4.98 Å². The first-order valence-electron chi connectivity index (χ1n) is 18.0. The molecule has 0 saturated heterocycles. The second-order valence-corrected chi connectivity index (χ2v) is 14.1. The maximum atomic E-state index is 5.35. The third-order valence-corrected chi connectivity index (χ3v) is 9.90. The van der Waals surface area contributed by atoms with Crippen LogP contribution in [-0.2, 0) is 0 Å². The molecule has 0 N–H and O–H groups in total. The second-order valence-electron chi connectivity index (χ2n) is 14.1. The normalized spacial score (nSPS) is 11.2. The summed E-state index contributed by atoms with van der Waals surface area (Å²) in [5.41, 5.74) is 20.1. The van der Waals surface area contributed by atoms with Gasteiger partial charge in [-0.15, -0.1) is 0 Å². The van der Waals surface area contributed by atoms with Crippen molar-refractivity contribution in [1.82, 2.24) is 9.55 Å². The first-order chi connectivity index (χ1) is 25.3. The quantitative estimate of drug-likeness (QED) is 0.165. The summed E-state index contributed by atoms with van der Waals surface area (Å²) in [5.74, 6) is 0.935. The van der Waals surface area contributed by atoms with Crippen molar-refractivity contribution in [3.63, 3.8) is 0 Å². The molecule has 1 aromatic heterocycles. The number of imidazole rings is 1. The largest absolute Gasteiger partial charge is 0.299 e. The van der Waals surface area contributed by atoms with E-state index in [0.717, 1.165) is 28.2 Å². The molecule has 8 rings (SSSR count). The van der Waals surface area contributed by atoms with E-state index in [1.807, 2.05) is 0 Å². The average Bonchev–Trinajstić information content (AvgIpc) is 3.60. The summed E-state index contributed by atoms with van der Waals surface area (Å²) in [6, 6.07) is 57.2. The lowest BCUT2D eigenvalue weighted by Gasteiger charge is -2.16. The van der Waals surface area contributed by atoms with Gasteiger partial charge in [0.1, 0.15) is 5.82 Å². The summed E-state index contributed by atoms with van der Waals surface area (Å²) in [4.78, 5) is 5.35. The van der Waals surface area contributed by atoms with Gasteiger partial charge >= 0.3 is 0 Å². The van der Waals surface area contributed by atoms with Crippen LogP contribution in [0.3, 0.4) is 0 Å². The van der Waals surface area contributed by atoms with Crippen LogP contribution in [0.5, 0.6) is 0 Å². The first kappa shape index (κ1) is 32.9. The van der Waals surface area contributed by atoms with Crippen LogP contribution in [0.1, 0.15) is 27.8 Å². The molecule has 0 bridgehead atoms. The predicted octanol–water partition coefficient (Wildman–Crippen LogP) is 13.4.